The van der Waals surface area contributed by atoms with Gasteiger partial charge in [-0.15, -0.1) is 0 Å². The van der Waals surface area contributed by atoms with E-state index in [9.17, 15) is 0 Å². The molecule has 0 aromatic heterocycles. The van der Waals surface area contributed by atoms with Crippen molar-refractivity contribution >= 4 is 5.69 Å². The number of hydrogen-bond acceptors (Lipinski definition) is 4. The van der Waals surface area contributed by atoms with E-state index in [1.54, 1.807) is 0 Å². The molecule has 4 nitrogen and oxygen atoms in total. The highest BCUT2D eigenvalue weighted by Gasteiger charge is 2.00. The average molecular weight is 343 g/mol. The fourth-order valence-electron chi connectivity index (χ4n) is 2.34. The molecule has 4 heteroatoms. The molecule has 0 amide bonds. The van der Waals surface area contributed by atoms with E-state index < -0.39 is 0 Å². The largest absolute Gasteiger partial charge is 0.494 e. The number of anilines is 1. The van der Waals surface area contributed by atoms with Crippen LogP contribution in [0.3, 0.4) is 0 Å². The molecule has 0 spiro atoms. The van der Waals surface area contributed by atoms with Crippen molar-refractivity contribution in [1.29, 1.82) is 0 Å². The quantitative estimate of drug-likeness (QED) is 0.557. The van der Waals surface area contributed by atoms with Gasteiger partial charge in [0.05, 0.1) is 13.2 Å². The lowest BCUT2D eigenvalue weighted by atomic mass is 10.2. The van der Waals surface area contributed by atoms with Crippen molar-refractivity contribution in [3.8, 4) is 11.5 Å². The highest BCUT2D eigenvalue weighted by molar-refractivity contribution is 5.48. The molecule has 0 atom stereocenters. The minimum Gasteiger partial charge on any atom is -0.494 e. The third-order valence-corrected chi connectivity index (χ3v) is 3.70. The normalized spacial score (nSPS) is 10.5. The molecule has 0 bridgehead atoms. The first-order valence-corrected chi connectivity index (χ1v) is 9.08. The molecule has 1 N–H and O–H groups in total. The van der Waals surface area contributed by atoms with Gasteiger partial charge in [-0.25, -0.2) is 0 Å². The molecule has 136 valence electrons. The van der Waals surface area contributed by atoms with Gasteiger partial charge < -0.3 is 19.5 Å². The molecule has 0 aliphatic carbocycles. The molecule has 0 unspecified atom stereocenters. The lowest BCUT2D eigenvalue weighted by Crippen LogP contribution is -2.06. The lowest BCUT2D eigenvalue weighted by molar-refractivity contribution is 0.110. The highest BCUT2D eigenvalue weighted by atomic mass is 16.5. The molecular formula is C21H29NO3. The molecule has 0 saturated heterocycles. The number of benzene rings is 2. The number of hydrogen-bond donors (Lipinski definition) is 1. The van der Waals surface area contributed by atoms with Crippen LogP contribution in [0, 0.1) is 0 Å². The maximum absolute atomic E-state index is 5.75. The standard InChI is InChI=1S/C21H29NO3/c1-3-5-12-24-21-11-7-9-19(16-21)22-17-18-8-6-10-20(15-18)25-14-13-23-4-2/h6-11,15-16,22H,3-5,12-14,17H2,1-2H3. The molecule has 25 heavy (non-hydrogen) atoms. The number of ether oxygens (including phenoxy) is 3. The van der Waals surface area contributed by atoms with E-state index in [1.165, 1.54) is 5.56 Å². The first-order valence-electron chi connectivity index (χ1n) is 9.08. The number of rotatable bonds is 12. The second kappa shape index (κ2) is 11.4. The zero-order valence-electron chi connectivity index (χ0n) is 15.3. The van der Waals surface area contributed by atoms with E-state index in [0.717, 1.165) is 43.2 Å². The summed E-state index contributed by atoms with van der Waals surface area (Å²) >= 11 is 0. The van der Waals surface area contributed by atoms with Gasteiger partial charge >= 0.3 is 0 Å². The van der Waals surface area contributed by atoms with Gasteiger partial charge in [0.15, 0.2) is 0 Å². The van der Waals surface area contributed by atoms with Crippen molar-refractivity contribution in [1.82, 2.24) is 0 Å². The summed E-state index contributed by atoms with van der Waals surface area (Å²) in [5.41, 5.74) is 2.22. The van der Waals surface area contributed by atoms with E-state index in [1.807, 2.05) is 37.3 Å². The van der Waals surface area contributed by atoms with E-state index in [2.05, 4.69) is 30.4 Å². The van der Waals surface area contributed by atoms with Crippen molar-refractivity contribution in [3.05, 3.63) is 54.1 Å². The molecule has 0 aliphatic heterocycles. The predicted molar refractivity (Wildman–Crippen MR) is 103 cm³/mol. The van der Waals surface area contributed by atoms with Gasteiger partial charge in [-0.1, -0.05) is 31.5 Å². The van der Waals surface area contributed by atoms with Crippen LogP contribution in [-0.4, -0.2) is 26.4 Å². The van der Waals surface area contributed by atoms with Gasteiger partial charge in [-0.2, -0.15) is 0 Å². The van der Waals surface area contributed by atoms with Crippen LogP contribution >= 0.6 is 0 Å². The molecule has 0 saturated carbocycles. The summed E-state index contributed by atoms with van der Waals surface area (Å²) in [6.07, 6.45) is 2.22. The molecule has 2 aromatic rings. The molecule has 2 rings (SSSR count). The smallest absolute Gasteiger partial charge is 0.121 e. The van der Waals surface area contributed by atoms with Crippen LogP contribution in [0.4, 0.5) is 5.69 Å². The van der Waals surface area contributed by atoms with Crippen molar-refractivity contribution < 1.29 is 14.2 Å². The van der Waals surface area contributed by atoms with Crippen molar-refractivity contribution in [2.75, 3.05) is 31.7 Å². The fourth-order valence-corrected chi connectivity index (χ4v) is 2.34. The maximum Gasteiger partial charge on any atom is 0.121 e. The van der Waals surface area contributed by atoms with Crippen LogP contribution in [0.15, 0.2) is 48.5 Å². The molecule has 0 aliphatic rings. The van der Waals surface area contributed by atoms with Gasteiger partial charge in [0.2, 0.25) is 0 Å². The van der Waals surface area contributed by atoms with Crippen LogP contribution in [0.5, 0.6) is 11.5 Å². The van der Waals surface area contributed by atoms with Crippen LogP contribution < -0.4 is 14.8 Å². The van der Waals surface area contributed by atoms with Crippen LogP contribution in [0.1, 0.15) is 32.3 Å². The monoisotopic (exact) mass is 343 g/mol. The summed E-state index contributed by atoms with van der Waals surface area (Å²) in [7, 11) is 0. The minimum atomic E-state index is 0.571. The summed E-state index contributed by atoms with van der Waals surface area (Å²) in [6.45, 7) is 7.55. The predicted octanol–water partition coefficient (Wildman–Crippen LogP) is 4.89. The van der Waals surface area contributed by atoms with Crippen molar-refractivity contribution in [2.24, 2.45) is 0 Å². The highest BCUT2D eigenvalue weighted by Crippen LogP contribution is 2.19. The number of unbranched alkanes of at least 4 members (excludes halogenated alkanes) is 1. The zero-order chi connectivity index (χ0) is 17.7. The second-order valence-corrected chi connectivity index (χ2v) is 5.78. The minimum absolute atomic E-state index is 0.571. The Kier molecular flexibility index (Phi) is 8.70. The Labute approximate surface area is 151 Å². The van der Waals surface area contributed by atoms with E-state index in [4.69, 9.17) is 14.2 Å². The zero-order valence-corrected chi connectivity index (χ0v) is 15.3. The summed E-state index contributed by atoms with van der Waals surface area (Å²) in [5, 5.41) is 3.44. The Bertz CT molecular complexity index is 616. The Morgan fingerprint density at radius 2 is 1.60 bits per heavy atom. The first kappa shape index (κ1) is 19.1. The average Bonchev–Trinajstić information content (AvgIpc) is 2.65. The van der Waals surface area contributed by atoms with Gasteiger partial charge in [0, 0.05) is 24.9 Å². The fraction of sp³-hybridized carbons (Fsp3) is 0.429. The maximum atomic E-state index is 5.75. The van der Waals surface area contributed by atoms with E-state index in [-0.39, 0.29) is 0 Å². The van der Waals surface area contributed by atoms with Crippen LogP contribution in [-0.2, 0) is 11.3 Å². The topological polar surface area (TPSA) is 39.7 Å². The van der Waals surface area contributed by atoms with Gasteiger partial charge in [0.1, 0.15) is 18.1 Å². The lowest BCUT2D eigenvalue weighted by Gasteiger charge is -2.11. The Balaban J connectivity index is 1.83. The summed E-state index contributed by atoms with van der Waals surface area (Å²) in [5.74, 6) is 1.78. The summed E-state index contributed by atoms with van der Waals surface area (Å²) in [6, 6.07) is 16.2. The van der Waals surface area contributed by atoms with Crippen molar-refractivity contribution in [3.63, 3.8) is 0 Å². The Morgan fingerprint density at radius 1 is 0.840 bits per heavy atom. The SMILES string of the molecule is CCCCOc1cccc(NCc2cccc(OCCOCC)c2)c1. The molecule has 0 radical (unpaired) electrons. The van der Waals surface area contributed by atoms with Gasteiger partial charge in [-0.3, -0.25) is 0 Å². The summed E-state index contributed by atoms with van der Waals surface area (Å²) < 4.78 is 16.7. The summed E-state index contributed by atoms with van der Waals surface area (Å²) in [4.78, 5) is 0. The van der Waals surface area contributed by atoms with Crippen LogP contribution in [0.25, 0.3) is 0 Å². The van der Waals surface area contributed by atoms with Gasteiger partial charge in [0.25, 0.3) is 0 Å². The molecule has 0 heterocycles. The van der Waals surface area contributed by atoms with Crippen LogP contribution in [0.2, 0.25) is 0 Å². The van der Waals surface area contributed by atoms with E-state index >= 15 is 0 Å². The third kappa shape index (κ3) is 7.48. The second-order valence-electron chi connectivity index (χ2n) is 5.78. The molecule has 2 aromatic carbocycles. The Morgan fingerprint density at radius 3 is 2.40 bits per heavy atom. The first-order chi connectivity index (χ1) is 12.3. The number of nitrogens with one attached hydrogen (secondary N) is 1. The third-order valence-electron chi connectivity index (χ3n) is 3.70. The Hall–Kier alpha value is -2.20. The van der Waals surface area contributed by atoms with Gasteiger partial charge in [-0.05, 0) is 43.2 Å². The van der Waals surface area contributed by atoms with E-state index in [0.29, 0.717) is 19.8 Å². The van der Waals surface area contributed by atoms with Crippen molar-refractivity contribution in [2.45, 2.75) is 33.2 Å². The molecular weight excluding hydrogens is 314 g/mol. The molecule has 0 fully saturated rings.